The molecule has 0 radical (unpaired) electrons. The maximum Gasteiger partial charge on any atom is 0.279 e. The Balaban J connectivity index is 1.53. The van der Waals surface area contributed by atoms with E-state index >= 15 is 0 Å². The monoisotopic (exact) mass is 517 g/mol. The van der Waals surface area contributed by atoms with E-state index in [9.17, 15) is 22.8 Å². The highest BCUT2D eigenvalue weighted by Gasteiger charge is 2.25. The first kappa shape index (κ1) is 24.7. The Kier molecular flexibility index (Phi) is 6.55. The minimum Gasteiger partial charge on any atom is -0.295 e. The molecule has 8 nitrogen and oxygen atoms in total. The van der Waals surface area contributed by atoms with E-state index < -0.39 is 15.9 Å². The molecule has 1 aliphatic carbocycles. The zero-order valence-electron chi connectivity index (χ0n) is 20.4. The maximum atomic E-state index is 13.6. The summed E-state index contributed by atoms with van der Waals surface area (Å²) < 4.78 is 31.3. The zero-order valence-corrected chi connectivity index (χ0v) is 21.2. The summed E-state index contributed by atoms with van der Waals surface area (Å²) in [5.41, 5.74) is 1.61. The number of carbonyl (C=O) groups is 2. The van der Waals surface area contributed by atoms with Crippen molar-refractivity contribution in [2.45, 2.75) is 50.0 Å². The smallest absolute Gasteiger partial charge is 0.279 e. The van der Waals surface area contributed by atoms with Crippen molar-refractivity contribution in [2.75, 3.05) is 0 Å². The molecule has 0 aliphatic heterocycles. The van der Waals surface area contributed by atoms with Crippen LogP contribution in [0.25, 0.3) is 16.6 Å². The third kappa shape index (κ3) is 4.74. The Morgan fingerprint density at radius 1 is 0.865 bits per heavy atom. The predicted molar refractivity (Wildman–Crippen MR) is 141 cm³/mol. The molecule has 0 spiro atoms. The second-order valence-corrected chi connectivity index (χ2v) is 11.0. The molecule has 3 aromatic carbocycles. The summed E-state index contributed by atoms with van der Waals surface area (Å²) in [5.74, 6) is -1.03. The fourth-order valence-corrected chi connectivity index (χ4v) is 5.95. The summed E-state index contributed by atoms with van der Waals surface area (Å²) in [5, 5.41) is 0.352. The van der Waals surface area contributed by atoms with Gasteiger partial charge in [0.15, 0.2) is 5.78 Å². The number of aromatic nitrogens is 2. The summed E-state index contributed by atoms with van der Waals surface area (Å²) >= 11 is 0. The van der Waals surface area contributed by atoms with E-state index in [0.29, 0.717) is 16.5 Å². The van der Waals surface area contributed by atoms with Gasteiger partial charge >= 0.3 is 0 Å². The Bertz CT molecular complexity index is 1650. The second-order valence-electron chi connectivity index (χ2n) is 9.34. The van der Waals surface area contributed by atoms with Crippen molar-refractivity contribution in [3.05, 3.63) is 94.3 Å². The average Bonchev–Trinajstić information content (AvgIpc) is 3.21. The van der Waals surface area contributed by atoms with Gasteiger partial charge in [-0.2, -0.15) is 0 Å². The number of hydrogen-bond donors (Lipinski definition) is 1. The molecule has 0 unspecified atom stereocenters. The van der Waals surface area contributed by atoms with Crippen LogP contribution in [0.3, 0.4) is 0 Å². The van der Waals surface area contributed by atoms with Gasteiger partial charge in [-0.15, -0.1) is 0 Å². The van der Waals surface area contributed by atoms with E-state index in [1.165, 1.54) is 43.7 Å². The lowest BCUT2D eigenvalue weighted by Gasteiger charge is -2.26. The first-order valence-corrected chi connectivity index (χ1v) is 13.8. The Labute approximate surface area is 214 Å². The third-order valence-corrected chi connectivity index (χ3v) is 8.21. The lowest BCUT2D eigenvalue weighted by molar-refractivity contribution is 0.0979. The van der Waals surface area contributed by atoms with Gasteiger partial charge < -0.3 is 0 Å². The van der Waals surface area contributed by atoms with Gasteiger partial charge in [-0.3, -0.25) is 19.1 Å². The van der Waals surface area contributed by atoms with Gasteiger partial charge in [-0.25, -0.2) is 17.8 Å². The Morgan fingerprint density at radius 2 is 1.51 bits per heavy atom. The lowest BCUT2D eigenvalue weighted by Crippen LogP contribution is -2.30. The van der Waals surface area contributed by atoms with E-state index in [0.717, 1.165) is 31.4 Å². The van der Waals surface area contributed by atoms with Crippen molar-refractivity contribution in [2.24, 2.45) is 0 Å². The quantitative estimate of drug-likeness (QED) is 0.376. The fourth-order valence-electron chi connectivity index (χ4n) is 4.97. The Morgan fingerprint density at radius 3 is 2.16 bits per heavy atom. The van der Waals surface area contributed by atoms with Crippen LogP contribution in [0.4, 0.5) is 0 Å². The number of amides is 1. The molecule has 37 heavy (non-hydrogen) atoms. The number of carbonyl (C=O) groups excluding carboxylic acids is 2. The van der Waals surface area contributed by atoms with E-state index in [1.807, 2.05) is 35.0 Å². The number of benzene rings is 3. The van der Waals surface area contributed by atoms with Crippen molar-refractivity contribution < 1.29 is 18.0 Å². The van der Waals surface area contributed by atoms with Gasteiger partial charge in [0, 0.05) is 11.1 Å². The molecule has 1 fully saturated rings. The molecule has 1 N–H and O–H groups in total. The molecule has 1 heterocycles. The summed E-state index contributed by atoms with van der Waals surface area (Å²) in [7, 11) is -4.18. The van der Waals surface area contributed by atoms with E-state index in [1.54, 1.807) is 16.8 Å². The van der Waals surface area contributed by atoms with Crippen LogP contribution in [0.1, 0.15) is 65.8 Å². The number of nitrogens with zero attached hydrogens (tertiary/aromatic N) is 2. The predicted octanol–water partition coefficient (Wildman–Crippen LogP) is 4.62. The average molecular weight is 518 g/mol. The minimum absolute atomic E-state index is 0.0644. The van der Waals surface area contributed by atoms with Gasteiger partial charge in [-0.1, -0.05) is 49.6 Å². The zero-order chi connectivity index (χ0) is 26.2. The van der Waals surface area contributed by atoms with Crippen LogP contribution < -0.4 is 10.3 Å². The van der Waals surface area contributed by atoms with Crippen LogP contribution >= 0.6 is 0 Å². The van der Waals surface area contributed by atoms with Crippen LogP contribution in [0.15, 0.2) is 82.5 Å². The summed E-state index contributed by atoms with van der Waals surface area (Å²) in [6, 6.07) is 19.6. The number of para-hydroxylation sites is 1. The molecule has 0 saturated heterocycles. The summed E-state index contributed by atoms with van der Waals surface area (Å²) in [6.07, 6.45) is 5.25. The van der Waals surface area contributed by atoms with Gasteiger partial charge in [0.25, 0.3) is 21.5 Å². The molecular formula is C28H27N3O5S. The van der Waals surface area contributed by atoms with Crippen LogP contribution in [0, 0.1) is 0 Å². The van der Waals surface area contributed by atoms with Crippen molar-refractivity contribution in [3.8, 4) is 5.69 Å². The number of nitrogens with one attached hydrogen (secondary N) is 1. The fraction of sp³-hybridized carbons (Fsp3) is 0.250. The highest BCUT2D eigenvalue weighted by molar-refractivity contribution is 7.90. The molecule has 0 atom stereocenters. The van der Waals surface area contributed by atoms with Gasteiger partial charge in [0.2, 0.25) is 0 Å². The molecule has 1 aliphatic rings. The van der Waals surface area contributed by atoms with Gasteiger partial charge in [-0.05, 0) is 62.2 Å². The van der Waals surface area contributed by atoms with Crippen LogP contribution in [0.5, 0.6) is 0 Å². The molecule has 1 amide bonds. The van der Waals surface area contributed by atoms with Crippen molar-refractivity contribution in [1.82, 2.24) is 14.1 Å². The first-order valence-electron chi connectivity index (χ1n) is 12.3. The van der Waals surface area contributed by atoms with E-state index in [2.05, 4.69) is 4.72 Å². The molecule has 9 heteroatoms. The summed E-state index contributed by atoms with van der Waals surface area (Å²) in [4.78, 5) is 37.9. The maximum absolute atomic E-state index is 13.6. The van der Waals surface area contributed by atoms with Gasteiger partial charge in [0.05, 0.1) is 27.5 Å². The third-order valence-electron chi connectivity index (χ3n) is 6.86. The molecule has 0 bridgehead atoms. The highest BCUT2D eigenvalue weighted by atomic mass is 32.2. The van der Waals surface area contributed by atoms with E-state index in [-0.39, 0.29) is 27.8 Å². The molecule has 190 valence electrons. The SMILES string of the molecule is CC(=O)c1ccc(S(=O)(=O)NC(=O)c2ccc3c(c2)c(=O)n(-c2ccccc2)n3C2CCCCC2)cc1. The number of rotatable bonds is 6. The number of ketones is 1. The highest BCUT2D eigenvalue weighted by Crippen LogP contribution is 2.32. The number of fused-ring (bicyclic) bond motifs is 1. The molecule has 1 saturated carbocycles. The lowest BCUT2D eigenvalue weighted by atomic mass is 9.95. The van der Waals surface area contributed by atoms with Crippen LogP contribution in [-0.2, 0) is 10.0 Å². The van der Waals surface area contributed by atoms with Crippen LogP contribution in [0.2, 0.25) is 0 Å². The van der Waals surface area contributed by atoms with Gasteiger partial charge in [0.1, 0.15) is 0 Å². The first-order chi connectivity index (χ1) is 17.8. The standard InChI is InChI=1S/C28H27N3O5S/c1-19(32)20-12-15-24(16-13-20)37(35,36)29-27(33)21-14-17-26-25(18-21)28(34)31(23-10-6-3-7-11-23)30(26)22-8-4-2-5-9-22/h3,6-7,10-18,22H,2,4-5,8-9H2,1H3,(H,29,33). The van der Waals surface area contributed by atoms with Crippen molar-refractivity contribution in [3.63, 3.8) is 0 Å². The van der Waals surface area contributed by atoms with E-state index in [4.69, 9.17) is 0 Å². The number of sulfonamides is 1. The second kappa shape index (κ2) is 9.82. The molecule has 5 rings (SSSR count). The molecule has 4 aromatic rings. The minimum atomic E-state index is -4.18. The largest absolute Gasteiger partial charge is 0.295 e. The normalized spacial score (nSPS) is 14.5. The molecule has 1 aromatic heterocycles. The van der Waals surface area contributed by atoms with Crippen molar-refractivity contribution in [1.29, 1.82) is 0 Å². The number of hydrogen-bond acceptors (Lipinski definition) is 5. The molecular weight excluding hydrogens is 490 g/mol. The van der Waals surface area contributed by atoms with Crippen LogP contribution in [-0.4, -0.2) is 29.5 Å². The Hall–Kier alpha value is -3.98. The number of Topliss-reactive ketones (excluding diaryl/α,β-unsaturated/α-hetero) is 1. The van der Waals surface area contributed by atoms with Crippen molar-refractivity contribution >= 4 is 32.6 Å². The summed E-state index contributed by atoms with van der Waals surface area (Å²) in [6.45, 7) is 1.38. The topological polar surface area (TPSA) is 107 Å².